The monoisotopic (exact) mass is 221 g/mol. The smallest absolute Gasteiger partial charge is 0.133 e. The molecule has 1 aromatic rings. The van der Waals surface area contributed by atoms with E-state index in [1.54, 1.807) is 0 Å². The van der Waals surface area contributed by atoms with Crippen LogP contribution in [0.3, 0.4) is 0 Å². The molecule has 90 valence electrons. The molecule has 2 rings (SSSR count). The van der Waals surface area contributed by atoms with Crippen molar-refractivity contribution in [1.29, 1.82) is 0 Å². The summed E-state index contributed by atoms with van der Waals surface area (Å²) in [4.78, 5) is 6.93. The van der Waals surface area contributed by atoms with E-state index >= 15 is 0 Å². The summed E-state index contributed by atoms with van der Waals surface area (Å²) in [6.07, 6.45) is 1.30. The minimum absolute atomic E-state index is 1.09. The standard InChI is InChI=1S/C11H17N3.C2H6/c1-8-7-10(12-3)9(2)11(13-8)14-5-4-6-14;1-2/h7H,4-6H2,1-3H3,(H,12,13);1-2H3. The van der Waals surface area contributed by atoms with Gasteiger partial charge in [-0.1, -0.05) is 13.8 Å². The summed E-state index contributed by atoms with van der Waals surface area (Å²) < 4.78 is 0. The third kappa shape index (κ3) is 2.46. The summed E-state index contributed by atoms with van der Waals surface area (Å²) >= 11 is 0. The third-order valence-corrected chi connectivity index (χ3v) is 2.80. The maximum atomic E-state index is 4.59. The quantitative estimate of drug-likeness (QED) is 0.832. The maximum absolute atomic E-state index is 4.59. The van der Waals surface area contributed by atoms with Crippen molar-refractivity contribution in [1.82, 2.24) is 4.98 Å². The Labute approximate surface area is 98.9 Å². The van der Waals surface area contributed by atoms with E-state index in [1.807, 2.05) is 27.8 Å². The molecule has 16 heavy (non-hydrogen) atoms. The Morgan fingerprint density at radius 1 is 1.25 bits per heavy atom. The molecule has 0 radical (unpaired) electrons. The van der Waals surface area contributed by atoms with Crippen molar-refractivity contribution in [3.05, 3.63) is 17.3 Å². The number of anilines is 2. The van der Waals surface area contributed by atoms with Crippen LogP contribution in [0, 0.1) is 13.8 Å². The molecule has 1 saturated heterocycles. The van der Waals surface area contributed by atoms with Crippen molar-refractivity contribution in [2.24, 2.45) is 0 Å². The van der Waals surface area contributed by atoms with Gasteiger partial charge in [-0.05, 0) is 26.3 Å². The molecule has 1 aliphatic heterocycles. The normalized spacial score (nSPS) is 13.7. The summed E-state index contributed by atoms with van der Waals surface area (Å²) in [5.41, 5.74) is 3.54. The molecule has 0 saturated carbocycles. The second kappa shape index (κ2) is 5.73. The lowest BCUT2D eigenvalue weighted by Gasteiger charge is -2.33. The molecule has 1 aliphatic rings. The fraction of sp³-hybridized carbons (Fsp3) is 0.615. The minimum atomic E-state index is 1.09. The highest BCUT2D eigenvalue weighted by molar-refractivity contribution is 5.63. The van der Waals surface area contributed by atoms with Gasteiger partial charge in [-0.2, -0.15) is 0 Å². The summed E-state index contributed by atoms with van der Waals surface area (Å²) in [6, 6.07) is 2.10. The van der Waals surface area contributed by atoms with Gasteiger partial charge in [-0.3, -0.25) is 0 Å². The summed E-state index contributed by atoms with van der Waals surface area (Å²) in [6.45, 7) is 10.5. The van der Waals surface area contributed by atoms with Gasteiger partial charge in [0.2, 0.25) is 0 Å². The number of nitrogens with one attached hydrogen (secondary N) is 1. The van der Waals surface area contributed by atoms with Gasteiger partial charge in [0.25, 0.3) is 0 Å². The zero-order valence-corrected chi connectivity index (χ0v) is 11.1. The van der Waals surface area contributed by atoms with Crippen molar-refractivity contribution in [3.63, 3.8) is 0 Å². The molecule has 2 heterocycles. The highest BCUT2D eigenvalue weighted by Crippen LogP contribution is 2.28. The van der Waals surface area contributed by atoms with E-state index in [4.69, 9.17) is 0 Å². The van der Waals surface area contributed by atoms with Crippen LogP contribution in [0.5, 0.6) is 0 Å². The number of pyridine rings is 1. The van der Waals surface area contributed by atoms with Crippen molar-refractivity contribution in [2.45, 2.75) is 34.1 Å². The van der Waals surface area contributed by atoms with E-state index in [9.17, 15) is 0 Å². The molecule has 0 bridgehead atoms. The average Bonchev–Trinajstić information content (AvgIpc) is 2.23. The predicted octanol–water partition coefficient (Wildman–Crippen LogP) is 2.98. The molecule has 1 aromatic heterocycles. The van der Waals surface area contributed by atoms with Gasteiger partial charge in [0.05, 0.1) is 0 Å². The van der Waals surface area contributed by atoms with Gasteiger partial charge >= 0.3 is 0 Å². The first kappa shape index (κ1) is 12.8. The Morgan fingerprint density at radius 3 is 2.31 bits per heavy atom. The third-order valence-electron chi connectivity index (χ3n) is 2.80. The van der Waals surface area contributed by atoms with Crippen LogP contribution in [0.1, 0.15) is 31.5 Å². The van der Waals surface area contributed by atoms with Gasteiger partial charge in [0, 0.05) is 37.1 Å². The van der Waals surface area contributed by atoms with Crippen LogP contribution >= 0.6 is 0 Å². The summed E-state index contributed by atoms with van der Waals surface area (Å²) in [7, 11) is 1.96. The Hall–Kier alpha value is -1.25. The van der Waals surface area contributed by atoms with Gasteiger partial charge in [-0.15, -0.1) is 0 Å². The fourth-order valence-electron chi connectivity index (χ4n) is 1.82. The molecule has 0 atom stereocenters. The van der Waals surface area contributed by atoms with Crippen molar-refractivity contribution in [2.75, 3.05) is 30.4 Å². The van der Waals surface area contributed by atoms with Crippen LogP contribution in [0.15, 0.2) is 6.07 Å². The zero-order valence-electron chi connectivity index (χ0n) is 11.1. The first-order valence-electron chi connectivity index (χ1n) is 6.13. The fourth-order valence-corrected chi connectivity index (χ4v) is 1.82. The SMILES string of the molecule is CC.CNc1cc(C)nc(N2CCC2)c1C. The average molecular weight is 221 g/mol. The second-order valence-electron chi connectivity index (χ2n) is 3.85. The number of rotatable bonds is 2. The molecular formula is C13H23N3. The van der Waals surface area contributed by atoms with E-state index in [2.05, 4.69) is 28.2 Å². The van der Waals surface area contributed by atoms with Gasteiger partial charge < -0.3 is 10.2 Å². The zero-order chi connectivity index (χ0) is 12.1. The van der Waals surface area contributed by atoms with Crippen LogP contribution in [0.2, 0.25) is 0 Å². The van der Waals surface area contributed by atoms with E-state index in [0.717, 1.165) is 24.6 Å². The molecule has 3 nitrogen and oxygen atoms in total. The Balaban J connectivity index is 0.000000606. The highest BCUT2D eigenvalue weighted by Gasteiger charge is 2.19. The number of hydrogen-bond acceptors (Lipinski definition) is 3. The van der Waals surface area contributed by atoms with Crippen molar-refractivity contribution < 1.29 is 0 Å². The minimum Gasteiger partial charge on any atom is -0.388 e. The number of aromatic nitrogens is 1. The molecule has 0 aromatic carbocycles. The molecule has 1 fully saturated rings. The van der Waals surface area contributed by atoms with Gasteiger partial charge in [0.15, 0.2) is 0 Å². The van der Waals surface area contributed by atoms with Crippen LogP contribution in [0.4, 0.5) is 11.5 Å². The van der Waals surface area contributed by atoms with Crippen LogP contribution in [-0.2, 0) is 0 Å². The van der Waals surface area contributed by atoms with E-state index in [1.165, 1.54) is 17.7 Å². The predicted molar refractivity (Wildman–Crippen MR) is 71.4 cm³/mol. The van der Waals surface area contributed by atoms with Gasteiger partial charge in [0.1, 0.15) is 5.82 Å². The van der Waals surface area contributed by atoms with Crippen molar-refractivity contribution in [3.8, 4) is 0 Å². The topological polar surface area (TPSA) is 28.2 Å². The maximum Gasteiger partial charge on any atom is 0.133 e. The lowest BCUT2D eigenvalue weighted by atomic mass is 10.1. The number of aryl methyl sites for hydroxylation is 1. The Bertz CT molecular complexity index is 343. The first-order chi connectivity index (χ1) is 7.72. The molecular weight excluding hydrogens is 198 g/mol. The molecule has 3 heteroatoms. The lowest BCUT2D eigenvalue weighted by molar-refractivity contribution is 0.607. The summed E-state index contributed by atoms with van der Waals surface area (Å²) in [5, 5.41) is 3.21. The van der Waals surface area contributed by atoms with E-state index in [-0.39, 0.29) is 0 Å². The molecule has 0 amide bonds. The van der Waals surface area contributed by atoms with Crippen LogP contribution in [-0.4, -0.2) is 25.1 Å². The molecule has 0 aliphatic carbocycles. The van der Waals surface area contributed by atoms with E-state index in [0.29, 0.717) is 0 Å². The summed E-state index contributed by atoms with van der Waals surface area (Å²) in [5.74, 6) is 1.15. The molecule has 0 spiro atoms. The largest absolute Gasteiger partial charge is 0.388 e. The Morgan fingerprint density at radius 2 is 1.88 bits per heavy atom. The van der Waals surface area contributed by atoms with Crippen LogP contribution < -0.4 is 10.2 Å². The number of nitrogens with zero attached hydrogens (tertiary/aromatic N) is 2. The van der Waals surface area contributed by atoms with Crippen LogP contribution in [0.25, 0.3) is 0 Å². The molecule has 1 N–H and O–H groups in total. The number of hydrogen-bond donors (Lipinski definition) is 1. The van der Waals surface area contributed by atoms with E-state index < -0.39 is 0 Å². The van der Waals surface area contributed by atoms with Gasteiger partial charge in [-0.25, -0.2) is 4.98 Å². The molecule has 0 unspecified atom stereocenters. The lowest BCUT2D eigenvalue weighted by Crippen LogP contribution is -2.38. The Kier molecular flexibility index (Phi) is 4.59. The second-order valence-corrected chi connectivity index (χ2v) is 3.85. The first-order valence-corrected chi connectivity index (χ1v) is 6.13. The highest BCUT2D eigenvalue weighted by atomic mass is 15.2. The van der Waals surface area contributed by atoms with Crippen molar-refractivity contribution >= 4 is 11.5 Å².